The van der Waals surface area contributed by atoms with E-state index in [0.717, 1.165) is 32.2 Å². The molecule has 1 fully saturated rings. The molecule has 2 aromatic rings. The van der Waals surface area contributed by atoms with Crippen molar-refractivity contribution in [2.24, 2.45) is 7.05 Å². The van der Waals surface area contributed by atoms with Crippen LogP contribution in [0.25, 0.3) is 0 Å². The normalized spacial score (nSPS) is 24.0. The molecule has 1 spiro atoms. The van der Waals surface area contributed by atoms with Crippen LogP contribution in [0.2, 0.25) is 5.02 Å². The van der Waals surface area contributed by atoms with Crippen LogP contribution in [0.15, 0.2) is 12.4 Å². The molecule has 0 aromatic carbocycles. The molecule has 3 heterocycles. The van der Waals surface area contributed by atoms with Gasteiger partial charge in [-0.3, -0.25) is 14.6 Å². The minimum absolute atomic E-state index is 0.0288. The molecule has 1 aliphatic carbocycles. The number of likely N-dealkylation sites (tertiary alicyclic amines) is 1. The summed E-state index contributed by atoms with van der Waals surface area (Å²) in [7, 11) is 1.77. The van der Waals surface area contributed by atoms with Crippen molar-refractivity contribution in [2.45, 2.75) is 31.1 Å². The minimum Gasteiger partial charge on any atom is -0.336 e. The third-order valence-electron chi connectivity index (χ3n) is 4.97. The first kappa shape index (κ1) is 13.8. The molecular formula is C15H18ClN5O. The first-order chi connectivity index (χ1) is 10.6. The average molecular weight is 320 g/mol. The van der Waals surface area contributed by atoms with Crippen molar-refractivity contribution >= 4 is 17.5 Å². The number of hydrogen-bond acceptors (Lipinski definition) is 3. The van der Waals surface area contributed by atoms with E-state index in [9.17, 15) is 4.79 Å². The van der Waals surface area contributed by atoms with E-state index in [4.69, 9.17) is 11.6 Å². The van der Waals surface area contributed by atoms with Crippen LogP contribution in [-0.4, -0.2) is 43.9 Å². The first-order valence-corrected chi connectivity index (χ1v) is 7.98. The summed E-state index contributed by atoms with van der Waals surface area (Å²) in [5.41, 5.74) is 2.90. The predicted molar refractivity (Wildman–Crippen MR) is 81.9 cm³/mol. The van der Waals surface area contributed by atoms with Crippen molar-refractivity contribution in [3.8, 4) is 0 Å². The number of nitrogens with zero attached hydrogens (tertiary/aromatic N) is 4. The van der Waals surface area contributed by atoms with Gasteiger partial charge < -0.3 is 4.90 Å². The largest absolute Gasteiger partial charge is 0.336 e. The first-order valence-electron chi connectivity index (χ1n) is 7.60. The summed E-state index contributed by atoms with van der Waals surface area (Å²) in [5, 5.41) is 12.0. The van der Waals surface area contributed by atoms with Crippen LogP contribution in [0.1, 0.15) is 41.0 Å². The quantitative estimate of drug-likeness (QED) is 0.873. The Balaban J connectivity index is 1.62. The number of fused-ring (bicyclic) bond motifs is 2. The molecule has 0 radical (unpaired) electrons. The predicted octanol–water partition coefficient (Wildman–Crippen LogP) is 1.92. The Morgan fingerprint density at radius 2 is 2.32 bits per heavy atom. The fourth-order valence-electron chi connectivity index (χ4n) is 3.93. The maximum atomic E-state index is 12.8. The van der Waals surface area contributed by atoms with Gasteiger partial charge in [0.05, 0.1) is 11.2 Å². The van der Waals surface area contributed by atoms with E-state index in [2.05, 4.69) is 15.3 Å². The number of aromatic amines is 1. The van der Waals surface area contributed by atoms with Gasteiger partial charge in [0.25, 0.3) is 5.91 Å². The van der Waals surface area contributed by atoms with Gasteiger partial charge in [0, 0.05) is 37.4 Å². The number of carbonyl (C=O) groups excluding carboxylic acids is 1. The fraction of sp³-hybridized carbons (Fsp3) is 0.533. The topological polar surface area (TPSA) is 66.8 Å². The molecule has 1 N–H and O–H groups in total. The van der Waals surface area contributed by atoms with Crippen LogP contribution in [-0.2, 0) is 18.9 Å². The van der Waals surface area contributed by atoms with E-state index >= 15 is 0 Å². The highest BCUT2D eigenvalue weighted by Crippen LogP contribution is 2.44. The second-order valence-corrected chi connectivity index (χ2v) is 6.79. The third kappa shape index (κ3) is 1.97. The summed E-state index contributed by atoms with van der Waals surface area (Å²) >= 11 is 6.13. The standard InChI is InChI=1S/C15H18ClN5O/c1-20-8-11(16)12(19-20)14(22)21-6-2-4-15(9-21)5-3-10-7-17-18-13(10)15/h7-8H,2-6,9H2,1H3,(H,17,18). The molecule has 6 nitrogen and oxygen atoms in total. The van der Waals surface area contributed by atoms with Crippen molar-refractivity contribution in [1.29, 1.82) is 0 Å². The Labute approximate surface area is 133 Å². The molecule has 1 atom stereocenters. The molecule has 2 aliphatic rings. The van der Waals surface area contributed by atoms with Crippen molar-refractivity contribution in [3.63, 3.8) is 0 Å². The number of carbonyl (C=O) groups is 1. The Kier molecular flexibility index (Phi) is 3.04. The van der Waals surface area contributed by atoms with Crippen molar-refractivity contribution in [1.82, 2.24) is 24.9 Å². The average Bonchev–Trinajstić information content (AvgIpc) is 3.17. The molecule has 1 amide bonds. The monoisotopic (exact) mass is 319 g/mol. The SMILES string of the molecule is Cn1cc(Cl)c(C(=O)N2CCCC3(CCc4cn[nH]c43)C2)n1. The van der Waals surface area contributed by atoms with Gasteiger partial charge in [0.15, 0.2) is 5.69 Å². The number of piperidine rings is 1. The van der Waals surface area contributed by atoms with Crippen molar-refractivity contribution < 1.29 is 4.79 Å². The lowest BCUT2D eigenvalue weighted by Gasteiger charge is -2.40. The van der Waals surface area contributed by atoms with Crippen LogP contribution in [0, 0.1) is 0 Å². The summed E-state index contributed by atoms with van der Waals surface area (Å²) < 4.78 is 1.58. The maximum Gasteiger partial charge on any atom is 0.275 e. The van der Waals surface area contributed by atoms with Crippen LogP contribution >= 0.6 is 11.6 Å². The van der Waals surface area contributed by atoms with E-state index in [1.165, 1.54) is 11.3 Å². The lowest BCUT2D eigenvalue weighted by molar-refractivity contribution is 0.0626. The Morgan fingerprint density at radius 1 is 1.45 bits per heavy atom. The van der Waals surface area contributed by atoms with E-state index < -0.39 is 0 Å². The third-order valence-corrected chi connectivity index (χ3v) is 5.25. The number of hydrogen-bond donors (Lipinski definition) is 1. The fourth-order valence-corrected chi connectivity index (χ4v) is 4.19. The Hall–Kier alpha value is -1.82. The molecule has 1 aliphatic heterocycles. The number of rotatable bonds is 1. The van der Waals surface area contributed by atoms with Crippen LogP contribution in [0.4, 0.5) is 0 Å². The van der Waals surface area contributed by atoms with E-state index in [1.807, 2.05) is 11.1 Å². The van der Waals surface area contributed by atoms with Gasteiger partial charge in [-0.05, 0) is 31.2 Å². The number of aromatic nitrogens is 4. The molecule has 0 saturated carbocycles. The van der Waals surface area contributed by atoms with Crippen molar-refractivity contribution in [3.05, 3.63) is 34.4 Å². The van der Waals surface area contributed by atoms with Gasteiger partial charge in [-0.1, -0.05) is 11.6 Å². The number of nitrogens with one attached hydrogen (secondary N) is 1. The minimum atomic E-state index is -0.0716. The van der Waals surface area contributed by atoms with E-state index in [0.29, 0.717) is 17.3 Å². The summed E-state index contributed by atoms with van der Waals surface area (Å²) in [6, 6.07) is 0. The van der Waals surface area contributed by atoms with Crippen LogP contribution in [0.3, 0.4) is 0 Å². The van der Waals surface area contributed by atoms with Crippen LogP contribution < -0.4 is 0 Å². The van der Waals surface area contributed by atoms with Gasteiger partial charge in [0.1, 0.15) is 0 Å². The summed E-state index contributed by atoms with van der Waals surface area (Å²) in [6.07, 6.45) is 7.79. The molecule has 2 aromatic heterocycles. The van der Waals surface area contributed by atoms with Gasteiger partial charge in [-0.15, -0.1) is 0 Å². The molecule has 22 heavy (non-hydrogen) atoms. The maximum absolute atomic E-state index is 12.8. The molecule has 7 heteroatoms. The highest BCUT2D eigenvalue weighted by atomic mass is 35.5. The number of H-pyrrole nitrogens is 1. The van der Waals surface area contributed by atoms with E-state index in [1.54, 1.807) is 17.9 Å². The van der Waals surface area contributed by atoms with Crippen LogP contribution in [0.5, 0.6) is 0 Å². The smallest absolute Gasteiger partial charge is 0.275 e. The second kappa shape index (κ2) is 4.84. The van der Waals surface area contributed by atoms with E-state index in [-0.39, 0.29) is 11.3 Å². The summed E-state index contributed by atoms with van der Waals surface area (Å²) in [6.45, 7) is 1.48. The Morgan fingerprint density at radius 3 is 3.09 bits per heavy atom. The van der Waals surface area contributed by atoms with Gasteiger partial charge in [0.2, 0.25) is 0 Å². The zero-order chi connectivity index (χ0) is 15.3. The molecule has 0 bridgehead atoms. The van der Waals surface area contributed by atoms with Crippen molar-refractivity contribution in [2.75, 3.05) is 13.1 Å². The number of amides is 1. The zero-order valence-electron chi connectivity index (χ0n) is 12.5. The highest BCUT2D eigenvalue weighted by Gasteiger charge is 2.44. The summed E-state index contributed by atoms with van der Waals surface area (Å²) in [5.74, 6) is -0.0716. The molecule has 116 valence electrons. The van der Waals surface area contributed by atoms with Gasteiger partial charge in [-0.2, -0.15) is 10.2 Å². The molecular weight excluding hydrogens is 302 g/mol. The zero-order valence-corrected chi connectivity index (χ0v) is 13.2. The van der Waals surface area contributed by atoms with Gasteiger partial charge in [-0.25, -0.2) is 0 Å². The lowest BCUT2D eigenvalue weighted by Crippen LogP contribution is -2.48. The molecule has 1 saturated heterocycles. The number of aryl methyl sites for hydroxylation is 2. The van der Waals surface area contributed by atoms with Gasteiger partial charge >= 0.3 is 0 Å². The summed E-state index contributed by atoms with van der Waals surface area (Å²) in [4.78, 5) is 14.7. The lowest BCUT2D eigenvalue weighted by atomic mass is 9.77. The second-order valence-electron chi connectivity index (χ2n) is 6.38. The number of halogens is 1. The highest BCUT2D eigenvalue weighted by molar-refractivity contribution is 6.33. The molecule has 4 rings (SSSR count). The molecule has 1 unspecified atom stereocenters. The Bertz CT molecular complexity index is 736.